The molecule has 1 unspecified atom stereocenters. The van der Waals surface area contributed by atoms with Crippen molar-refractivity contribution in [3.05, 3.63) is 94.4 Å². The first-order valence-corrected chi connectivity index (χ1v) is 16.8. The van der Waals surface area contributed by atoms with E-state index in [1.807, 2.05) is 32.9 Å². The second-order valence-electron chi connectivity index (χ2n) is 12.8. The van der Waals surface area contributed by atoms with E-state index in [-0.39, 0.29) is 17.5 Å². The molecule has 266 valence electrons. The zero-order valence-electron chi connectivity index (χ0n) is 29.9. The first-order valence-electron chi connectivity index (χ1n) is 16.8. The second-order valence-corrected chi connectivity index (χ2v) is 12.8. The molecule has 4 aromatic rings. The number of carbonyl (C=O) groups is 1. The van der Waals surface area contributed by atoms with E-state index in [0.717, 1.165) is 55.0 Å². The quantitative estimate of drug-likeness (QED) is 0.153. The molecule has 0 saturated carbocycles. The number of hydrogen-bond acceptors (Lipinski definition) is 9. The summed E-state index contributed by atoms with van der Waals surface area (Å²) in [6.07, 6.45) is 0.225. The van der Waals surface area contributed by atoms with E-state index in [1.165, 1.54) is 23.2 Å². The van der Waals surface area contributed by atoms with Crippen LogP contribution >= 0.6 is 0 Å². The average molecular weight is 687 g/mol. The van der Waals surface area contributed by atoms with Crippen molar-refractivity contribution in [2.75, 3.05) is 63.8 Å². The van der Waals surface area contributed by atoms with Gasteiger partial charge in [-0.25, -0.2) is 19.1 Å². The average Bonchev–Trinajstić information content (AvgIpc) is 3.08. The summed E-state index contributed by atoms with van der Waals surface area (Å²) in [6.45, 7) is 15.4. The van der Waals surface area contributed by atoms with Crippen LogP contribution in [0.4, 0.5) is 26.6 Å². The van der Waals surface area contributed by atoms with Crippen LogP contribution in [0.3, 0.4) is 0 Å². The number of nitrogens with one attached hydrogen (secondary N) is 1. The fourth-order valence-corrected chi connectivity index (χ4v) is 6.60. The van der Waals surface area contributed by atoms with Gasteiger partial charge in [-0.1, -0.05) is 17.7 Å². The molecule has 3 aromatic carbocycles. The predicted octanol–water partition coefficient (Wildman–Crippen LogP) is 6.98. The molecule has 1 aliphatic rings. The van der Waals surface area contributed by atoms with Crippen LogP contribution in [-0.2, 0) is 0 Å². The molecular weight excluding hydrogens is 639 g/mol. The number of halogens is 1. The molecule has 0 bridgehead atoms. The second kappa shape index (κ2) is 16.2. The van der Waals surface area contributed by atoms with E-state index in [0.29, 0.717) is 35.4 Å². The normalized spacial score (nSPS) is 14.3. The lowest BCUT2D eigenvalue weighted by atomic mass is 9.88. The molecule has 1 saturated heterocycles. The van der Waals surface area contributed by atoms with E-state index < -0.39 is 18.0 Å². The molecule has 1 aliphatic heterocycles. The van der Waals surface area contributed by atoms with Crippen molar-refractivity contribution in [2.24, 2.45) is 0 Å². The van der Waals surface area contributed by atoms with Gasteiger partial charge in [0.1, 0.15) is 23.9 Å². The summed E-state index contributed by atoms with van der Waals surface area (Å²) >= 11 is 0. The Morgan fingerprint density at radius 1 is 0.960 bits per heavy atom. The first-order chi connectivity index (χ1) is 24.0. The summed E-state index contributed by atoms with van der Waals surface area (Å²) in [5.41, 5.74) is 4.61. The van der Waals surface area contributed by atoms with E-state index in [4.69, 9.17) is 14.2 Å². The van der Waals surface area contributed by atoms with Gasteiger partial charge < -0.3 is 24.6 Å². The molecule has 0 spiro atoms. The third kappa shape index (κ3) is 8.43. The number of methoxy groups -OCH3 is 2. The van der Waals surface area contributed by atoms with Gasteiger partial charge in [0, 0.05) is 62.3 Å². The van der Waals surface area contributed by atoms with Gasteiger partial charge in [0.2, 0.25) is 5.95 Å². The van der Waals surface area contributed by atoms with Crippen LogP contribution < -0.4 is 24.4 Å². The fraction of sp³-hybridized carbons (Fsp3) is 0.395. The zero-order valence-corrected chi connectivity index (χ0v) is 29.9. The molecule has 1 atom stereocenters. The molecule has 5 rings (SSSR count). The highest BCUT2D eigenvalue weighted by atomic mass is 19.1. The maximum Gasteiger partial charge on any atom is 0.413 e. The summed E-state index contributed by atoms with van der Waals surface area (Å²) in [4.78, 5) is 28.1. The van der Waals surface area contributed by atoms with E-state index in [2.05, 4.69) is 38.9 Å². The van der Waals surface area contributed by atoms with Crippen LogP contribution in [0.25, 0.3) is 0 Å². The van der Waals surface area contributed by atoms with Gasteiger partial charge in [0.05, 0.1) is 20.3 Å². The SMILES string of the molecule is COc1ccc(OC)c(C(c2c(C)cc(C)cc2C)N(C(=O)O)c2ccnc(Nc3ccc(OCCN4CCN(C(C)C)CC4)c(F)c3)n2)c1. The maximum atomic E-state index is 15.2. The Bertz CT molecular complexity index is 1770. The van der Waals surface area contributed by atoms with Crippen LogP contribution in [0.5, 0.6) is 17.2 Å². The topological polar surface area (TPSA) is 113 Å². The molecule has 2 N–H and O–H groups in total. The van der Waals surface area contributed by atoms with Gasteiger partial charge in [-0.05, 0) is 87.7 Å². The summed E-state index contributed by atoms with van der Waals surface area (Å²) in [5.74, 6) is 0.859. The van der Waals surface area contributed by atoms with Crippen LogP contribution in [0.1, 0.15) is 47.7 Å². The molecule has 0 radical (unpaired) electrons. The lowest BCUT2D eigenvalue weighted by Crippen LogP contribution is -2.49. The predicted molar refractivity (Wildman–Crippen MR) is 193 cm³/mol. The molecule has 1 aromatic heterocycles. The number of amides is 1. The first kappa shape index (κ1) is 36.3. The molecule has 2 heterocycles. The summed E-state index contributed by atoms with van der Waals surface area (Å²) in [7, 11) is 3.09. The largest absolute Gasteiger partial charge is 0.497 e. The molecule has 1 amide bonds. The van der Waals surface area contributed by atoms with Crippen LogP contribution in [0.2, 0.25) is 0 Å². The number of carboxylic acid groups (broad SMARTS) is 1. The van der Waals surface area contributed by atoms with Gasteiger partial charge in [0.25, 0.3) is 0 Å². The molecule has 50 heavy (non-hydrogen) atoms. The number of benzene rings is 3. The summed E-state index contributed by atoms with van der Waals surface area (Å²) in [6, 6.07) is 15.1. The van der Waals surface area contributed by atoms with E-state index in [9.17, 15) is 9.90 Å². The van der Waals surface area contributed by atoms with Crippen molar-refractivity contribution in [1.82, 2.24) is 19.8 Å². The van der Waals surface area contributed by atoms with Crippen molar-refractivity contribution in [3.8, 4) is 17.2 Å². The van der Waals surface area contributed by atoms with Gasteiger partial charge in [0.15, 0.2) is 11.6 Å². The number of aryl methyl sites for hydroxylation is 3. The Kier molecular flexibility index (Phi) is 11.8. The number of piperazine rings is 1. The summed E-state index contributed by atoms with van der Waals surface area (Å²) in [5, 5.41) is 13.8. The number of ether oxygens (including phenoxy) is 3. The van der Waals surface area contributed by atoms with Gasteiger partial charge >= 0.3 is 6.09 Å². The van der Waals surface area contributed by atoms with Crippen molar-refractivity contribution >= 4 is 23.5 Å². The summed E-state index contributed by atoms with van der Waals surface area (Å²) < 4.78 is 32.2. The Hall–Kier alpha value is -4.94. The highest BCUT2D eigenvalue weighted by Crippen LogP contribution is 2.42. The van der Waals surface area contributed by atoms with Gasteiger partial charge in [-0.2, -0.15) is 4.98 Å². The third-order valence-corrected chi connectivity index (χ3v) is 9.09. The zero-order chi connectivity index (χ0) is 35.9. The Morgan fingerprint density at radius 3 is 2.28 bits per heavy atom. The van der Waals surface area contributed by atoms with E-state index >= 15 is 4.39 Å². The van der Waals surface area contributed by atoms with E-state index in [1.54, 1.807) is 44.6 Å². The lowest BCUT2D eigenvalue weighted by molar-refractivity contribution is 0.0965. The van der Waals surface area contributed by atoms with Crippen molar-refractivity contribution < 1.29 is 28.5 Å². The highest BCUT2D eigenvalue weighted by molar-refractivity contribution is 5.87. The van der Waals surface area contributed by atoms with Crippen LogP contribution in [-0.4, -0.2) is 90.6 Å². The monoisotopic (exact) mass is 686 g/mol. The van der Waals surface area contributed by atoms with Crippen molar-refractivity contribution in [3.63, 3.8) is 0 Å². The van der Waals surface area contributed by atoms with Crippen LogP contribution in [0, 0.1) is 26.6 Å². The Labute approximate surface area is 293 Å². The molecule has 12 heteroatoms. The van der Waals surface area contributed by atoms with Crippen LogP contribution in [0.15, 0.2) is 60.8 Å². The minimum Gasteiger partial charge on any atom is -0.497 e. The molecule has 0 aliphatic carbocycles. The highest BCUT2D eigenvalue weighted by Gasteiger charge is 2.34. The minimum atomic E-state index is -1.24. The number of hydrogen-bond donors (Lipinski definition) is 2. The molecular formula is C38H47FN6O5. The fourth-order valence-electron chi connectivity index (χ4n) is 6.60. The number of nitrogens with zero attached hydrogens (tertiary/aromatic N) is 5. The number of aromatic nitrogens is 2. The van der Waals surface area contributed by atoms with Crippen molar-refractivity contribution in [2.45, 2.75) is 46.7 Å². The lowest BCUT2D eigenvalue weighted by Gasteiger charge is -2.36. The maximum absolute atomic E-state index is 15.2. The number of rotatable bonds is 13. The smallest absolute Gasteiger partial charge is 0.413 e. The van der Waals surface area contributed by atoms with Gasteiger partial charge in [-0.15, -0.1) is 0 Å². The molecule has 1 fully saturated rings. The Balaban J connectivity index is 1.39. The standard InChI is InChI=1S/C38H47FN6O5/c1-24(2)44-16-14-43(15-17-44)18-19-50-33-10-8-28(22-31(33)39)41-37-40-13-12-34(42-37)45(38(46)47)36(35-26(4)20-25(3)21-27(35)5)30-23-29(48-6)9-11-32(30)49-7/h8-13,20-24,36H,14-19H2,1-7H3,(H,46,47)(H,40,41,42). The third-order valence-electron chi connectivity index (χ3n) is 9.09. The van der Waals surface area contributed by atoms with Gasteiger partial charge in [-0.3, -0.25) is 9.80 Å². The number of anilines is 3. The molecule has 11 nitrogen and oxygen atoms in total. The minimum absolute atomic E-state index is 0.0936. The Morgan fingerprint density at radius 2 is 1.66 bits per heavy atom. The van der Waals surface area contributed by atoms with Crippen molar-refractivity contribution in [1.29, 1.82) is 0 Å².